The third kappa shape index (κ3) is 5.06. The van der Waals surface area contributed by atoms with Gasteiger partial charge in [-0.3, -0.25) is 19.1 Å². The number of carbonyl (C=O) groups is 1. The highest BCUT2D eigenvalue weighted by Crippen LogP contribution is 2.18. The van der Waals surface area contributed by atoms with Crippen LogP contribution in [0.4, 0.5) is 0 Å². The van der Waals surface area contributed by atoms with Crippen molar-refractivity contribution in [1.29, 1.82) is 0 Å². The number of thiophene rings is 1. The van der Waals surface area contributed by atoms with Crippen LogP contribution >= 0.6 is 11.3 Å². The summed E-state index contributed by atoms with van der Waals surface area (Å²) in [6, 6.07) is 21.2. The van der Waals surface area contributed by atoms with E-state index < -0.39 is 11.2 Å². The van der Waals surface area contributed by atoms with Gasteiger partial charge in [-0.05, 0) is 43.2 Å². The Morgan fingerprint density at radius 2 is 1.75 bits per heavy atom. The van der Waals surface area contributed by atoms with Crippen molar-refractivity contribution < 1.29 is 4.79 Å². The van der Waals surface area contributed by atoms with Crippen LogP contribution in [0.15, 0.2) is 76.3 Å². The summed E-state index contributed by atoms with van der Waals surface area (Å²) in [4.78, 5) is 44.3. The molecular formula is C25H25N3O3S. The van der Waals surface area contributed by atoms with Gasteiger partial charge in [-0.1, -0.05) is 42.5 Å². The number of hydrogen-bond acceptors (Lipinski definition) is 4. The molecule has 4 aromatic rings. The Morgan fingerprint density at radius 3 is 2.50 bits per heavy atom. The van der Waals surface area contributed by atoms with E-state index in [4.69, 9.17) is 0 Å². The molecule has 0 fully saturated rings. The van der Waals surface area contributed by atoms with Gasteiger partial charge in [-0.2, -0.15) is 0 Å². The van der Waals surface area contributed by atoms with Crippen molar-refractivity contribution in [2.45, 2.75) is 32.9 Å². The summed E-state index contributed by atoms with van der Waals surface area (Å²) in [5, 5.41) is 0.439. The molecule has 0 aliphatic carbocycles. The SMILES string of the molecule is Cc1ccc(CN(CCc2ccccc2)C(=O)CCn2c(=O)[nH]c(=O)c3ccccc32)s1. The van der Waals surface area contributed by atoms with Crippen molar-refractivity contribution in [2.75, 3.05) is 6.54 Å². The number of rotatable bonds is 8. The topological polar surface area (TPSA) is 75.2 Å². The number of H-pyrrole nitrogens is 1. The first kappa shape index (κ1) is 21.8. The predicted molar refractivity (Wildman–Crippen MR) is 128 cm³/mol. The number of carbonyl (C=O) groups excluding carboxylic acids is 1. The lowest BCUT2D eigenvalue weighted by molar-refractivity contribution is -0.132. The van der Waals surface area contributed by atoms with Gasteiger partial charge >= 0.3 is 5.69 Å². The Bertz CT molecular complexity index is 1340. The molecule has 0 aliphatic rings. The number of para-hydroxylation sites is 1. The predicted octanol–water partition coefficient (Wildman–Crippen LogP) is 3.72. The van der Waals surface area contributed by atoms with Crippen LogP contribution < -0.4 is 11.2 Å². The lowest BCUT2D eigenvalue weighted by atomic mass is 10.1. The first-order chi connectivity index (χ1) is 15.5. The fraction of sp³-hybridized carbons (Fsp3) is 0.240. The average molecular weight is 448 g/mol. The summed E-state index contributed by atoms with van der Waals surface area (Å²) in [6.07, 6.45) is 0.938. The molecule has 0 saturated carbocycles. The normalized spacial score (nSPS) is 11.0. The summed E-state index contributed by atoms with van der Waals surface area (Å²) in [7, 11) is 0. The van der Waals surface area contributed by atoms with Gasteiger partial charge in [0.2, 0.25) is 5.91 Å². The summed E-state index contributed by atoms with van der Waals surface area (Å²) in [5.74, 6) is -0.0193. The number of aryl methyl sites for hydroxylation is 2. The zero-order valence-electron chi connectivity index (χ0n) is 17.9. The molecule has 1 N–H and O–H groups in total. The van der Waals surface area contributed by atoms with E-state index in [0.717, 1.165) is 11.3 Å². The average Bonchev–Trinajstić information content (AvgIpc) is 3.21. The van der Waals surface area contributed by atoms with Crippen LogP contribution in [0.2, 0.25) is 0 Å². The number of hydrogen-bond donors (Lipinski definition) is 1. The van der Waals surface area contributed by atoms with Gasteiger partial charge in [-0.15, -0.1) is 11.3 Å². The summed E-state index contributed by atoms with van der Waals surface area (Å²) in [6.45, 7) is 3.41. The second-order valence-corrected chi connectivity index (χ2v) is 9.11. The number of aromatic nitrogens is 2. The monoisotopic (exact) mass is 447 g/mol. The van der Waals surface area contributed by atoms with E-state index in [0.29, 0.717) is 24.0 Å². The zero-order chi connectivity index (χ0) is 22.5. The van der Waals surface area contributed by atoms with Gasteiger partial charge < -0.3 is 4.90 Å². The van der Waals surface area contributed by atoms with Gasteiger partial charge in [0.1, 0.15) is 0 Å². The number of benzene rings is 2. The number of amides is 1. The van der Waals surface area contributed by atoms with Gasteiger partial charge in [0.25, 0.3) is 5.56 Å². The summed E-state index contributed by atoms with van der Waals surface area (Å²) < 4.78 is 1.47. The number of nitrogens with one attached hydrogen (secondary N) is 1. The van der Waals surface area contributed by atoms with E-state index in [2.05, 4.69) is 36.2 Å². The first-order valence-electron chi connectivity index (χ1n) is 10.6. The molecule has 0 spiro atoms. The lowest BCUT2D eigenvalue weighted by Crippen LogP contribution is -2.35. The third-order valence-corrected chi connectivity index (χ3v) is 6.45. The fourth-order valence-corrected chi connectivity index (χ4v) is 4.69. The highest BCUT2D eigenvalue weighted by atomic mass is 32.1. The maximum absolute atomic E-state index is 13.2. The second-order valence-electron chi connectivity index (χ2n) is 7.74. The molecule has 1 amide bonds. The Kier molecular flexibility index (Phi) is 6.66. The number of aromatic amines is 1. The Morgan fingerprint density at radius 1 is 1.00 bits per heavy atom. The maximum Gasteiger partial charge on any atom is 0.328 e. The van der Waals surface area contributed by atoms with E-state index in [-0.39, 0.29) is 18.9 Å². The van der Waals surface area contributed by atoms with Gasteiger partial charge in [0, 0.05) is 29.3 Å². The second kappa shape index (κ2) is 9.78. The van der Waals surface area contributed by atoms with Crippen molar-refractivity contribution >= 4 is 28.1 Å². The Hall–Kier alpha value is -3.45. The highest BCUT2D eigenvalue weighted by molar-refractivity contribution is 7.11. The Labute approximate surface area is 189 Å². The first-order valence-corrected chi connectivity index (χ1v) is 11.4. The molecule has 0 radical (unpaired) electrons. The molecule has 6 nitrogen and oxygen atoms in total. The van der Waals surface area contributed by atoms with Crippen LogP contribution in [0, 0.1) is 6.92 Å². The third-order valence-electron chi connectivity index (χ3n) is 5.46. The van der Waals surface area contributed by atoms with Crippen molar-refractivity contribution in [1.82, 2.24) is 14.5 Å². The minimum absolute atomic E-state index is 0.0193. The molecule has 4 rings (SSSR count). The molecule has 7 heteroatoms. The van der Waals surface area contributed by atoms with Crippen LogP contribution in [0.5, 0.6) is 0 Å². The smallest absolute Gasteiger partial charge is 0.328 e. The molecule has 2 heterocycles. The highest BCUT2D eigenvalue weighted by Gasteiger charge is 2.16. The zero-order valence-corrected chi connectivity index (χ0v) is 18.7. The van der Waals surface area contributed by atoms with Crippen LogP contribution in [-0.4, -0.2) is 26.9 Å². The fourth-order valence-electron chi connectivity index (χ4n) is 3.79. The molecule has 2 aromatic carbocycles. The molecule has 32 heavy (non-hydrogen) atoms. The van der Waals surface area contributed by atoms with Crippen molar-refractivity contribution in [3.8, 4) is 0 Å². The van der Waals surface area contributed by atoms with Crippen molar-refractivity contribution in [3.05, 3.63) is 103 Å². The van der Waals surface area contributed by atoms with Crippen LogP contribution in [0.25, 0.3) is 10.9 Å². The largest absolute Gasteiger partial charge is 0.337 e. The van der Waals surface area contributed by atoms with Crippen LogP contribution in [0.3, 0.4) is 0 Å². The molecule has 2 aromatic heterocycles. The van der Waals surface area contributed by atoms with Gasteiger partial charge in [-0.25, -0.2) is 4.79 Å². The van der Waals surface area contributed by atoms with E-state index in [1.807, 2.05) is 23.1 Å². The van der Waals surface area contributed by atoms with Crippen molar-refractivity contribution in [3.63, 3.8) is 0 Å². The molecule has 0 unspecified atom stereocenters. The molecular weight excluding hydrogens is 422 g/mol. The number of nitrogens with zero attached hydrogens (tertiary/aromatic N) is 2. The van der Waals surface area contributed by atoms with Crippen LogP contribution in [-0.2, 0) is 24.3 Å². The van der Waals surface area contributed by atoms with Crippen LogP contribution in [0.1, 0.15) is 21.7 Å². The van der Waals surface area contributed by atoms with Crippen molar-refractivity contribution in [2.24, 2.45) is 0 Å². The molecule has 0 bridgehead atoms. The van der Waals surface area contributed by atoms with Gasteiger partial charge in [0.05, 0.1) is 17.4 Å². The minimum atomic E-state index is -0.494. The van der Waals surface area contributed by atoms with E-state index in [9.17, 15) is 14.4 Å². The van der Waals surface area contributed by atoms with E-state index in [1.165, 1.54) is 15.0 Å². The molecule has 164 valence electrons. The van der Waals surface area contributed by atoms with Gasteiger partial charge in [0.15, 0.2) is 0 Å². The molecule has 0 saturated heterocycles. The molecule has 0 aliphatic heterocycles. The standard InChI is InChI=1S/C25H25N3O3S/c1-18-11-12-20(32-18)17-27(15-13-19-7-3-2-4-8-19)23(29)14-16-28-22-10-6-5-9-21(22)24(30)26-25(28)31/h2-12H,13-17H2,1H3,(H,26,30,31). The number of fused-ring (bicyclic) bond motifs is 1. The van der Waals surface area contributed by atoms with E-state index >= 15 is 0 Å². The maximum atomic E-state index is 13.2. The lowest BCUT2D eigenvalue weighted by Gasteiger charge is -2.23. The minimum Gasteiger partial charge on any atom is -0.337 e. The quantitative estimate of drug-likeness (QED) is 0.447. The molecule has 0 atom stereocenters. The summed E-state index contributed by atoms with van der Waals surface area (Å²) >= 11 is 1.69. The van der Waals surface area contributed by atoms with E-state index in [1.54, 1.807) is 35.6 Å². The Balaban J connectivity index is 1.52. The summed E-state index contributed by atoms with van der Waals surface area (Å²) in [5.41, 5.74) is 0.811.